The van der Waals surface area contributed by atoms with Gasteiger partial charge in [-0.1, -0.05) is 43.5 Å². The largest absolute Gasteiger partial charge is 0.444 e. The Bertz CT molecular complexity index is 784. The summed E-state index contributed by atoms with van der Waals surface area (Å²) >= 11 is 0. The van der Waals surface area contributed by atoms with Crippen LogP contribution in [0.5, 0.6) is 0 Å². The van der Waals surface area contributed by atoms with Crippen molar-refractivity contribution >= 4 is 17.9 Å². The van der Waals surface area contributed by atoms with E-state index in [1.165, 1.54) is 24.2 Å². The van der Waals surface area contributed by atoms with Gasteiger partial charge in [-0.25, -0.2) is 4.79 Å². The molecule has 162 valence electrons. The van der Waals surface area contributed by atoms with Gasteiger partial charge in [0.05, 0.1) is 11.1 Å². The summed E-state index contributed by atoms with van der Waals surface area (Å²) in [5.74, 6) is -0.0474. The highest BCUT2D eigenvalue weighted by molar-refractivity contribution is 6.21. The van der Waals surface area contributed by atoms with Crippen LogP contribution in [0.3, 0.4) is 0 Å². The first-order valence-corrected chi connectivity index (χ1v) is 10.8. The Balaban J connectivity index is 1.60. The Hall–Kier alpha value is -2.63. The van der Waals surface area contributed by atoms with Gasteiger partial charge in [0.1, 0.15) is 5.60 Å². The molecule has 30 heavy (non-hydrogen) atoms. The summed E-state index contributed by atoms with van der Waals surface area (Å²) < 4.78 is 5.58. The molecule has 0 N–H and O–H groups in total. The van der Waals surface area contributed by atoms with Gasteiger partial charge in [-0.2, -0.15) is 0 Å². The van der Waals surface area contributed by atoms with Crippen LogP contribution in [0.25, 0.3) is 0 Å². The van der Waals surface area contributed by atoms with Crippen molar-refractivity contribution in [1.82, 2.24) is 9.80 Å². The van der Waals surface area contributed by atoms with Gasteiger partial charge in [-0.3, -0.25) is 14.5 Å². The molecule has 0 spiro atoms. The number of nitrogens with zero attached hydrogens (tertiary/aromatic N) is 2. The molecule has 1 saturated carbocycles. The van der Waals surface area contributed by atoms with Crippen molar-refractivity contribution in [2.45, 2.75) is 58.5 Å². The fourth-order valence-electron chi connectivity index (χ4n) is 4.02. The molecule has 1 aliphatic heterocycles. The van der Waals surface area contributed by atoms with Gasteiger partial charge >= 0.3 is 6.09 Å². The van der Waals surface area contributed by atoms with Crippen molar-refractivity contribution in [1.29, 1.82) is 0 Å². The topological polar surface area (TPSA) is 66.9 Å². The Morgan fingerprint density at radius 2 is 1.67 bits per heavy atom. The molecule has 1 aromatic carbocycles. The first-order valence-electron chi connectivity index (χ1n) is 10.8. The van der Waals surface area contributed by atoms with Gasteiger partial charge in [0, 0.05) is 19.6 Å². The van der Waals surface area contributed by atoms with Crippen LogP contribution < -0.4 is 0 Å². The third-order valence-corrected chi connectivity index (χ3v) is 5.51. The van der Waals surface area contributed by atoms with E-state index >= 15 is 0 Å². The number of ether oxygens (including phenoxy) is 1. The summed E-state index contributed by atoms with van der Waals surface area (Å²) in [5.41, 5.74) is 0.346. The maximum Gasteiger partial charge on any atom is 0.410 e. The van der Waals surface area contributed by atoms with Crippen molar-refractivity contribution in [3.05, 3.63) is 47.5 Å². The van der Waals surface area contributed by atoms with E-state index in [4.69, 9.17) is 4.74 Å². The zero-order chi connectivity index (χ0) is 21.7. The zero-order valence-corrected chi connectivity index (χ0v) is 18.2. The lowest BCUT2D eigenvalue weighted by atomic mass is 9.89. The molecule has 0 bridgehead atoms. The van der Waals surface area contributed by atoms with E-state index in [0.717, 1.165) is 12.8 Å². The number of hydrogen-bond donors (Lipinski definition) is 0. The predicted octanol–water partition coefficient (Wildman–Crippen LogP) is 4.66. The standard InChI is InChI=1S/C24H32N2O4/c1-24(2,3)30-23(29)25(17-18-11-5-4-6-12-18)15-9-10-16-26-21(27)19-13-7-8-14-20(19)22(26)28/h7-10,13-14,18H,4-6,11-12,15-17H2,1-3H3/b10-9+. The van der Waals surface area contributed by atoms with Gasteiger partial charge in [0.15, 0.2) is 0 Å². The summed E-state index contributed by atoms with van der Waals surface area (Å²) in [6.45, 7) is 6.85. The second-order valence-electron chi connectivity index (χ2n) is 9.13. The molecule has 6 nitrogen and oxygen atoms in total. The minimum absolute atomic E-state index is 0.192. The molecule has 0 unspecified atom stereocenters. The van der Waals surface area contributed by atoms with Gasteiger partial charge in [0.2, 0.25) is 0 Å². The third kappa shape index (κ3) is 5.49. The van der Waals surface area contributed by atoms with Crippen LogP contribution in [0.1, 0.15) is 73.6 Å². The Morgan fingerprint density at radius 3 is 2.23 bits per heavy atom. The van der Waals surface area contributed by atoms with Crippen LogP contribution in [0, 0.1) is 5.92 Å². The van der Waals surface area contributed by atoms with Crippen molar-refractivity contribution in [2.24, 2.45) is 5.92 Å². The van der Waals surface area contributed by atoms with Crippen LogP contribution >= 0.6 is 0 Å². The smallest absolute Gasteiger partial charge is 0.410 e. The van der Waals surface area contributed by atoms with Crippen molar-refractivity contribution < 1.29 is 19.1 Å². The fraction of sp³-hybridized carbons (Fsp3) is 0.542. The Kier molecular flexibility index (Phi) is 6.95. The summed E-state index contributed by atoms with van der Waals surface area (Å²) in [5, 5.41) is 0. The summed E-state index contributed by atoms with van der Waals surface area (Å²) in [6, 6.07) is 6.86. The number of hydrogen-bond acceptors (Lipinski definition) is 4. The molecule has 6 heteroatoms. The summed E-state index contributed by atoms with van der Waals surface area (Å²) in [6.07, 6.45) is 9.26. The number of rotatable bonds is 6. The zero-order valence-electron chi connectivity index (χ0n) is 18.2. The second kappa shape index (κ2) is 9.45. The lowest BCUT2D eigenvalue weighted by Gasteiger charge is -2.31. The third-order valence-electron chi connectivity index (χ3n) is 5.51. The highest BCUT2D eigenvalue weighted by Gasteiger charge is 2.34. The van der Waals surface area contributed by atoms with Crippen molar-refractivity contribution in [3.8, 4) is 0 Å². The molecule has 0 aromatic heterocycles. The van der Waals surface area contributed by atoms with E-state index in [-0.39, 0.29) is 24.5 Å². The minimum atomic E-state index is -0.550. The second-order valence-corrected chi connectivity index (χ2v) is 9.13. The molecule has 1 aliphatic carbocycles. The van der Waals surface area contributed by atoms with Gasteiger partial charge in [0.25, 0.3) is 11.8 Å². The SMILES string of the molecule is CC(C)(C)OC(=O)N(C/C=C/CN1C(=O)c2ccccc2C1=O)CC1CCCCC1. The highest BCUT2D eigenvalue weighted by atomic mass is 16.6. The maximum absolute atomic E-state index is 12.7. The first kappa shape index (κ1) is 22.1. The van der Waals surface area contributed by atoms with E-state index in [0.29, 0.717) is 30.1 Å². The monoisotopic (exact) mass is 412 g/mol. The number of carbonyl (C=O) groups excluding carboxylic acids is 3. The van der Waals surface area contributed by atoms with Crippen LogP contribution in [-0.4, -0.2) is 52.9 Å². The molecule has 1 heterocycles. The number of amides is 3. The highest BCUT2D eigenvalue weighted by Crippen LogP contribution is 2.25. The van der Waals surface area contributed by atoms with Crippen LogP contribution in [0.15, 0.2) is 36.4 Å². The molecule has 0 atom stereocenters. The number of carbonyl (C=O) groups is 3. The molecule has 0 radical (unpaired) electrons. The van der Waals surface area contributed by atoms with Gasteiger partial charge in [-0.05, 0) is 51.7 Å². The number of imide groups is 1. The molecule has 3 rings (SSSR count). The molecule has 1 fully saturated rings. The van der Waals surface area contributed by atoms with Gasteiger partial charge < -0.3 is 9.64 Å². The van der Waals surface area contributed by atoms with Gasteiger partial charge in [-0.15, -0.1) is 0 Å². The molecule has 1 aromatic rings. The number of fused-ring (bicyclic) bond motifs is 1. The molecule has 0 saturated heterocycles. The Labute approximate surface area is 178 Å². The molecule has 2 aliphatic rings. The molecular weight excluding hydrogens is 380 g/mol. The quantitative estimate of drug-likeness (QED) is 0.504. The fourth-order valence-corrected chi connectivity index (χ4v) is 4.02. The van der Waals surface area contributed by atoms with Crippen LogP contribution in [-0.2, 0) is 4.74 Å². The van der Waals surface area contributed by atoms with Crippen LogP contribution in [0.2, 0.25) is 0 Å². The van der Waals surface area contributed by atoms with E-state index in [1.807, 2.05) is 26.8 Å². The predicted molar refractivity (Wildman–Crippen MR) is 115 cm³/mol. The van der Waals surface area contributed by atoms with E-state index in [2.05, 4.69) is 0 Å². The number of benzene rings is 1. The average Bonchev–Trinajstić information content (AvgIpc) is 2.94. The van der Waals surface area contributed by atoms with E-state index in [1.54, 1.807) is 35.2 Å². The van der Waals surface area contributed by atoms with Crippen molar-refractivity contribution in [3.63, 3.8) is 0 Å². The van der Waals surface area contributed by atoms with E-state index < -0.39 is 5.60 Å². The lowest BCUT2D eigenvalue weighted by Crippen LogP contribution is -2.40. The van der Waals surface area contributed by atoms with Crippen LogP contribution in [0.4, 0.5) is 4.79 Å². The molecule has 3 amide bonds. The molecular formula is C24H32N2O4. The average molecular weight is 413 g/mol. The normalized spacial score (nSPS) is 17.5. The summed E-state index contributed by atoms with van der Waals surface area (Å²) in [4.78, 5) is 40.6. The van der Waals surface area contributed by atoms with E-state index in [9.17, 15) is 14.4 Å². The Morgan fingerprint density at radius 1 is 1.07 bits per heavy atom. The maximum atomic E-state index is 12.7. The summed E-state index contributed by atoms with van der Waals surface area (Å²) in [7, 11) is 0. The first-order chi connectivity index (χ1) is 14.3. The lowest BCUT2D eigenvalue weighted by molar-refractivity contribution is 0.0231. The minimum Gasteiger partial charge on any atom is -0.444 e. The van der Waals surface area contributed by atoms with Crippen molar-refractivity contribution in [2.75, 3.05) is 19.6 Å².